The molecule has 8 heteroatoms. The summed E-state index contributed by atoms with van der Waals surface area (Å²) in [6.07, 6.45) is 0. The first-order valence-corrected chi connectivity index (χ1v) is 7.52. The molecule has 0 atom stereocenters. The fraction of sp³-hybridized carbons (Fsp3) is 0.467. The largest absolute Gasteiger partial charge is 0.454 e. The number of amides is 2. The Bertz CT molecular complexity index is 599. The standard InChI is InChI=1S/C15H20N4O4/c1-18-4-6-19(7-5-18)17-15(21)14(20)16-9-11-2-3-12-13(8-11)23-10-22-12/h2-3,8H,4-7,9-10H2,1H3,(H,16,20)(H,17,21). The first-order chi connectivity index (χ1) is 11.1. The molecular weight excluding hydrogens is 300 g/mol. The van der Waals surface area contributed by atoms with Crippen LogP contribution in [0.15, 0.2) is 18.2 Å². The summed E-state index contributed by atoms with van der Waals surface area (Å²) in [5, 5.41) is 4.37. The maximum atomic E-state index is 11.9. The maximum absolute atomic E-state index is 11.9. The molecule has 3 rings (SSSR count). The summed E-state index contributed by atoms with van der Waals surface area (Å²) in [7, 11) is 2.03. The third-order valence-electron chi connectivity index (χ3n) is 3.86. The number of benzene rings is 1. The molecule has 0 bridgehead atoms. The third kappa shape index (κ3) is 3.91. The summed E-state index contributed by atoms with van der Waals surface area (Å²) < 4.78 is 10.5. The van der Waals surface area contributed by atoms with Gasteiger partial charge in [-0.2, -0.15) is 0 Å². The van der Waals surface area contributed by atoms with E-state index in [1.165, 1.54) is 0 Å². The zero-order valence-electron chi connectivity index (χ0n) is 13.0. The molecule has 0 unspecified atom stereocenters. The molecule has 0 saturated carbocycles. The van der Waals surface area contributed by atoms with Crippen LogP contribution in [0.3, 0.4) is 0 Å². The van der Waals surface area contributed by atoms with Gasteiger partial charge in [0.2, 0.25) is 6.79 Å². The highest BCUT2D eigenvalue weighted by molar-refractivity contribution is 6.34. The van der Waals surface area contributed by atoms with Gasteiger partial charge in [-0.3, -0.25) is 15.0 Å². The molecule has 23 heavy (non-hydrogen) atoms. The van der Waals surface area contributed by atoms with Crippen molar-refractivity contribution in [2.45, 2.75) is 6.54 Å². The van der Waals surface area contributed by atoms with E-state index in [4.69, 9.17) is 9.47 Å². The quantitative estimate of drug-likeness (QED) is 0.718. The van der Waals surface area contributed by atoms with E-state index in [0.717, 1.165) is 18.7 Å². The van der Waals surface area contributed by atoms with Gasteiger partial charge in [-0.05, 0) is 24.7 Å². The zero-order valence-corrected chi connectivity index (χ0v) is 13.0. The lowest BCUT2D eigenvalue weighted by Crippen LogP contribution is -2.55. The Kier molecular flexibility index (Phi) is 4.63. The normalized spacial score (nSPS) is 17.8. The van der Waals surface area contributed by atoms with Crippen molar-refractivity contribution in [3.8, 4) is 11.5 Å². The molecular formula is C15H20N4O4. The number of piperazine rings is 1. The molecule has 2 N–H and O–H groups in total. The molecule has 2 aliphatic rings. The molecule has 0 spiro atoms. The summed E-state index contributed by atoms with van der Waals surface area (Å²) in [5.41, 5.74) is 3.47. The van der Waals surface area contributed by atoms with Gasteiger partial charge >= 0.3 is 11.8 Å². The van der Waals surface area contributed by atoms with Crippen molar-refractivity contribution < 1.29 is 19.1 Å². The lowest BCUT2D eigenvalue weighted by atomic mass is 10.2. The summed E-state index contributed by atoms with van der Waals surface area (Å²) in [6, 6.07) is 5.40. The van der Waals surface area contributed by atoms with E-state index in [0.29, 0.717) is 24.6 Å². The van der Waals surface area contributed by atoms with E-state index in [-0.39, 0.29) is 13.3 Å². The van der Waals surface area contributed by atoms with E-state index in [2.05, 4.69) is 15.6 Å². The number of nitrogens with zero attached hydrogens (tertiary/aromatic N) is 2. The number of rotatable bonds is 3. The van der Waals surface area contributed by atoms with Gasteiger partial charge in [0.15, 0.2) is 11.5 Å². The van der Waals surface area contributed by atoms with Crippen molar-refractivity contribution in [3.63, 3.8) is 0 Å². The lowest BCUT2D eigenvalue weighted by Gasteiger charge is -2.32. The Hall–Kier alpha value is -2.32. The van der Waals surface area contributed by atoms with Crippen molar-refractivity contribution in [1.82, 2.24) is 20.7 Å². The van der Waals surface area contributed by atoms with Crippen LogP contribution >= 0.6 is 0 Å². The molecule has 1 aromatic carbocycles. The van der Waals surface area contributed by atoms with Crippen molar-refractivity contribution in [1.29, 1.82) is 0 Å². The van der Waals surface area contributed by atoms with Gasteiger partial charge in [0, 0.05) is 32.7 Å². The number of likely N-dealkylation sites (N-methyl/N-ethyl adjacent to an activating group) is 1. The van der Waals surface area contributed by atoms with Crippen LogP contribution < -0.4 is 20.2 Å². The van der Waals surface area contributed by atoms with E-state index >= 15 is 0 Å². The molecule has 2 heterocycles. The average Bonchev–Trinajstić information content (AvgIpc) is 3.02. The minimum atomic E-state index is -0.651. The molecule has 0 aromatic heterocycles. The van der Waals surface area contributed by atoms with Gasteiger partial charge in [-0.1, -0.05) is 6.07 Å². The second-order valence-corrected chi connectivity index (χ2v) is 5.60. The van der Waals surface area contributed by atoms with E-state index in [9.17, 15) is 9.59 Å². The van der Waals surface area contributed by atoms with Gasteiger partial charge < -0.3 is 19.7 Å². The fourth-order valence-electron chi connectivity index (χ4n) is 2.43. The van der Waals surface area contributed by atoms with Crippen LogP contribution in [-0.2, 0) is 16.1 Å². The predicted octanol–water partition coefficient (Wildman–Crippen LogP) is -0.690. The molecule has 1 aromatic rings. The molecule has 0 aliphatic carbocycles. The van der Waals surface area contributed by atoms with E-state index in [1.807, 2.05) is 13.1 Å². The van der Waals surface area contributed by atoms with Crippen LogP contribution in [0.2, 0.25) is 0 Å². The number of hydrogen-bond acceptors (Lipinski definition) is 6. The van der Waals surface area contributed by atoms with Crippen LogP contribution in [0.4, 0.5) is 0 Å². The lowest BCUT2D eigenvalue weighted by molar-refractivity contribution is -0.142. The second-order valence-electron chi connectivity index (χ2n) is 5.60. The molecule has 1 fully saturated rings. The fourth-order valence-corrected chi connectivity index (χ4v) is 2.43. The van der Waals surface area contributed by atoms with Gasteiger partial charge in [0.25, 0.3) is 0 Å². The van der Waals surface area contributed by atoms with Crippen molar-refractivity contribution >= 4 is 11.8 Å². The Balaban J connectivity index is 1.46. The predicted molar refractivity (Wildman–Crippen MR) is 81.6 cm³/mol. The highest BCUT2D eigenvalue weighted by Gasteiger charge is 2.20. The highest BCUT2D eigenvalue weighted by Crippen LogP contribution is 2.32. The summed E-state index contributed by atoms with van der Waals surface area (Å²) >= 11 is 0. The molecule has 8 nitrogen and oxygen atoms in total. The second kappa shape index (κ2) is 6.84. The molecule has 1 saturated heterocycles. The minimum absolute atomic E-state index is 0.207. The monoisotopic (exact) mass is 320 g/mol. The van der Waals surface area contributed by atoms with E-state index < -0.39 is 11.8 Å². The smallest absolute Gasteiger partial charge is 0.323 e. The van der Waals surface area contributed by atoms with Gasteiger partial charge in [-0.25, -0.2) is 5.01 Å². The summed E-state index contributed by atoms with van der Waals surface area (Å²) in [6.45, 7) is 3.59. The van der Waals surface area contributed by atoms with Gasteiger partial charge in [-0.15, -0.1) is 0 Å². The summed E-state index contributed by atoms with van der Waals surface area (Å²) in [4.78, 5) is 25.9. The average molecular weight is 320 g/mol. The van der Waals surface area contributed by atoms with E-state index in [1.54, 1.807) is 17.1 Å². The summed E-state index contributed by atoms with van der Waals surface area (Å²) in [5.74, 6) is 0.0448. The molecule has 124 valence electrons. The third-order valence-corrected chi connectivity index (χ3v) is 3.86. The number of hydrogen-bond donors (Lipinski definition) is 2. The van der Waals surface area contributed by atoms with Crippen LogP contribution in [0, 0.1) is 0 Å². The Labute approximate surface area is 134 Å². The minimum Gasteiger partial charge on any atom is -0.454 e. The van der Waals surface area contributed by atoms with Crippen LogP contribution in [-0.4, -0.2) is 61.7 Å². The van der Waals surface area contributed by atoms with Crippen LogP contribution in [0.1, 0.15) is 5.56 Å². The number of carbonyl (C=O) groups is 2. The topological polar surface area (TPSA) is 83.1 Å². The Morgan fingerprint density at radius 3 is 2.61 bits per heavy atom. The van der Waals surface area contributed by atoms with Crippen molar-refractivity contribution in [2.75, 3.05) is 40.0 Å². The highest BCUT2D eigenvalue weighted by atomic mass is 16.7. The maximum Gasteiger partial charge on any atom is 0.323 e. The number of nitrogens with one attached hydrogen (secondary N) is 2. The Morgan fingerprint density at radius 1 is 1.09 bits per heavy atom. The Morgan fingerprint density at radius 2 is 1.83 bits per heavy atom. The van der Waals surface area contributed by atoms with Crippen LogP contribution in [0.5, 0.6) is 11.5 Å². The first-order valence-electron chi connectivity index (χ1n) is 7.52. The number of ether oxygens (including phenoxy) is 2. The number of carbonyl (C=O) groups excluding carboxylic acids is 2. The molecule has 0 radical (unpaired) electrons. The molecule has 2 amide bonds. The number of fused-ring (bicyclic) bond motifs is 1. The SMILES string of the molecule is CN1CCN(NC(=O)C(=O)NCc2ccc3c(c2)OCO3)CC1. The number of hydrazine groups is 1. The van der Waals surface area contributed by atoms with Crippen molar-refractivity contribution in [2.24, 2.45) is 0 Å². The van der Waals surface area contributed by atoms with Crippen molar-refractivity contribution in [3.05, 3.63) is 23.8 Å². The van der Waals surface area contributed by atoms with Gasteiger partial charge in [0.05, 0.1) is 0 Å². The molecule has 2 aliphatic heterocycles. The van der Waals surface area contributed by atoms with Gasteiger partial charge in [0.1, 0.15) is 0 Å². The first kappa shape index (κ1) is 15.6. The van der Waals surface area contributed by atoms with Crippen LogP contribution in [0.25, 0.3) is 0 Å². The zero-order chi connectivity index (χ0) is 16.2.